The van der Waals surface area contributed by atoms with Gasteiger partial charge in [-0.2, -0.15) is 0 Å². The van der Waals surface area contributed by atoms with E-state index in [2.05, 4.69) is 15.6 Å². The molecular weight excluding hydrogens is 478 g/mol. The zero-order valence-electron chi connectivity index (χ0n) is 20.7. The Morgan fingerprint density at radius 2 is 1.97 bits per heavy atom. The van der Waals surface area contributed by atoms with Gasteiger partial charge in [0.05, 0.1) is 16.0 Å². The van der Waals surface area contributed by atoms with Crippen LogP contribution in [0.2, 0.25) is 0 Å². The third-order valence-corrected chi connectivity index (χ3v) is 8.24. The van der Waals surface area contributed by atoms with Crippen LogP contribution >= 0.6 is 0 Å². The molecule has 9 nitrogen and oxygen atoms in total. The summed E-state index contributed by atoms with van der Waals surface area (Å²) >= 11 is 0. The van der Waals surface area contributed by atoms with E-state index in [-0.39, 0.29) is 17.4 Å². The number of imidazole rings is 1. The lowest BCUT2D eigenvalue weighted by Crippen LogP contribution is -2.60. The standard InChI is InChI=1S/C26H31N5O4S/c1-25(2,3)35-24(33)29-26-11-10-20(26)16-31(17-26)36(34)21-7-4-18(5-8-21)14-28-23(32)19-6-9-22-27-12-13-30(22)15-19/h4-9,12-13,15,20H,10-11,14,16-17H2,1-3H3,(H,28,32)(H,29,33). The largest absolute Gasteiger partial charge is 0.444 e. The van der Waals surface area contributed by atoms with Crippen LogP contribution in [-0.4, -0.2) is 54.1 Å². The minimum absolute atomic E-state index is 0.173. The second-order valence-electron chi connectivity index (χ2n) is 10.5. The monoisotopic (exact) mass is 509 g/mol. The summed E-state index contributed by atoms with van der Waals surface area (Å²) in [5, 5.41) is 5.98. The minimum Gasteiger partial charge on any atom is -0.444 e. The van der Waals surface area contributed by atoms with Crippen LogP contribution in [0.4, 0.5) is 4.79 Å². The molecule has 2 aliphatic rings. The molecule has 3 aromatic rings. The van der Waals surface area contributed by atoms with Gasteiger partial charge in [0.1, 0.15) is 22.2 Å². The first-order chi connectivity index (χ1) is 17.1. The van der Waals surface area contributed by atoms with Crippen molar-refractivity contribution in [1.82, 2.24) is 24.3 Å². The molecule has 1 saturated heterocycles. The molecule has 3 unspecified atom stereocenters. The number of pyridine rings is 1. The molecule has 2 aromatic heterocycles. The number of nitrogens with one attached hydrogen (secondary N) is 2. The van der Waals surface area contributed by atoms with E-state index in [9.17, 15) is 13.8 Å². The molecule has 0 spiro atoms. The van der Waals surface area contributed by atoms with Gasteiger partial charge in [0.15, 0.2) is 0 Å². The smallest absolute Gasteiger partial charge is 0.408 e. The van der Waals surface area contributed by atoms with E-state index in [1.165, 1.54) is 0 Å². The Morgan fingerprint density at radius 3 is 2.67 bits per heavy atom. The van der Waals surface area contributed by atoms with E-state index in [1.807, 2.05) is 49.3 Å². The number of ether oxygens (including phenoxy) is 1. The predicted octanol–water partition coefficient (Wildman–Crippen LogP) is 3.28. The highest BCUT2D eigenvalue weighted by Crippen LogP contribution is 2.45. The Hall–Kier alpha value is -3.24. The lowest BCUT2D eigenvalue weighted by atomic mass is 9.69. The van der Waals surface area contributed by atoms with E-state index >= 15 is 0 Å². The summed E-state index contributed by atoms with van der Waals surface area (Å²) in [6.45, 7) is 7.09. The van der Waals surface area contributed by atoms with Gasteiger partial charge < -0.3 is 19.8 Å². The number of aromatic nitrogens is 2. The van der Waals surface area contributed by atoms with Gasteiger partial charge in [0.2, 0.25) is 0 Å². The van der Waals surface area contributed by atoms with Crippen molar-refractivity contribution in [2.45, 2.75) is 56.2 Å². The Morgan fingerprint density at radius 1 is 1.19 bits per heavy atom. The minimum atomic E-state index is -1.33. The average Bonchev–Trinajstić information content (AvgIpc) is 3.39. The number of benzene rings is 1. The molecule has 2 fully saturated rings. The zero-order valence-corrected chi connectivity index (χ0v) is 21.5. The average molecular weight is 510 g/mol. The summed E-state index contributed by atoms with van der Waals surface area (Å²) in [6.07, 6.45) is 6.67. The first kappa shape index (κ1) is 24.5. The molecular formula is C26H31N5O4S. The van der Waals surface area contributed by atoms with Gasteiger partial charge in [0.25, 0.3) is 5.91 Å². The molecule has 1 aliphatic heterocycles. The number of hydrogen-bond acceptors (Lipinski definition) is 5. The molecule has 3 heterocycles. The van der Waals surface area contributed by atoms with Gasteiger partial charge >= 0.3 is 6.09 Å². The fourth-order valence-corrected chi connectivity index (χ4v) is 6.17. The Kier molecular flexibility index (Phi) is 6.34. The molecule has 2 amide bonds. The highest BCUT2D eigenvalue weighted by atomic mass is 32.2. The predicted molar refractivity (Wildman–Crippen MR) is 136 cm³/mol. The number of nitrogens with zero attached hydrogens (tertiary/aromatic N) is 3. The Bertz CT molecular complexity index is 1320. The summed E-state index contributed by atoms with van der Waals surface area (Å²) in [5.74, 6) is 0.0959. The summed E-state index contributed by atoms with van der Waals surface area (Å²) in [6, 6.07) is 11.0. The van der Waals surface area contributed by atoms with Crippen LogP contribution < -0.4 is 10.6 Å². The van der Waals surface area contributed by atoms with Crippen molar-refractivity contribution >= 4 is 28.6 Å². The van der Waals surface area contributed by atoms with Gasteiger partial charge in [-0.05, 0) is 69.4 Å². The van der Waals surface area contributed by atoms with E-state index < -0.39 is 22.7 Å². The third kappa shape index (κ3) is 5.01. The molecule has 190 valence electrons. The number of hydrogen-bond donors (Lipinski definition) is 2. The van der Waals surface area contributed by atoms with Crippen LogP contribution in [0, 0.1) is 5.92 Å². The fourth-order valence-electron chi connectivity index (χ4n) is 4.84. The summed E-state index contributed by atoms with van der Waals surface area (Å²) in [7, 11) is -1.33. The van der Waals surface area contributed by atoms with Crippen LogP contribution in [0.3, 0.4) is 0 Å². The summed E-state index contributed by atoms with van der Waals surface area (Å²) in [5.41, 5.74) is 1.32. The molecule has 0 bridgehead atoms. The highest BCUT2D eigenvalue weighted by Gasteiger charge is 2.55. The lowest BCUT2D eigenvalue weighted by molar-refractivity contribution is 0.0333. The van der Waals surface area contributed by atoms with E-state index in [0.29, 0.717) is 30.1 Å². The number of carbonyl (C=O) groups is 2. The van der Waals surface area contributed by atoms with Gasteiger partial charge in [-0.25, -0.2) is 18.3 Å². The van der Waals surface area contributed by atoms with Crippen molar-refractivity contribution in [1.29, 1.82) is 0 Å². The van der Waals surface area contributed by atoms with E-state index in [4.69, 9.17) is 4.74 Å². The van der Waals surface area contributed by atoms with Crippen LogP contribution in [0.25, 0.3) is 5.65 Å². The van der Waals surface area contributed by atoms with Gasteiger partial charge in [-0.1, -0.05) is 12.1 Å². The molecule has 2 N–H and O–H groups in total. The molecule has 0 radical (unpaired) electrons. The number of fused-ring (bicyclic) bond motifs is 2. The second-order valence-corrected chi connectivity index (χ2v) is 12.0. The number of rotatable bonds is 6. The lowest BCUT2D eigenvalue weighted by Gasteiger charge is -2.44. The number of carbonyl (C=O) groups excluding carboxylic acids is 2. The van der Waals surface area contributed by atoms with Crippen molar-refractivity contribution in [3.05, 3.63) is 66.1 Å². The zero-order chi connectivity index (χ0) is 25.5. The fraction of sp³-hybridized carbons (Fsp3) is 0.423. The summed E-state index contributed by atoms with van der Waals surface area (Å²) in [4.78, 5) is 29.8. The van der Waals surface area contributed by atoms with E-state index in [1.54, 1.807) is 35.1 Å². The topological polar surface area (TPSA) is 105 Å². The number of amides is 2. The maximum atomic E-state index is 13.3. The van der Waals surface area contributed by atoms with Crippen molar-refractivity contribution in [3.63, 3.8) is 0 Å². The molecule has 1 saturated carbocycles. The van der Waals surface area contributed by atoms with Gasteiger partial charge in [-0.3, -0.25) is 4.79 Å². The Labute approximate surface area is 212 Å². The molecule has 1 aromatic carbocycles. The normalized spacial score (nSPS) is 22.5. The van der Waals surface area contributed by atoms with Crippen molar-refractivity contribution in [2.24, 2.45) is 5.92 Å². The maximum absolute atomic E-state index is 13.3. The van der Waals surface area contributed by atoms with Gasteiger partial charge in [-0.15, -0.1) is 0 Å². The van der Waals surface area contributed by atoms with Gasteiger partial charge in [0, 0.05) is 38.2 Å². The second kappa shape index (κ2) is 9.33. The quantitative estimate of drug-likeness (QED) is 0.531. The first-order valence-electron chi connectivity index (χ1n) is 12.1. The summed E-state index contributed by atoms with van der Waals surface area (Å²) < 4.78 is 22.5. The van der Waals surface area contributed by atoms with Crippen LogP contribution in [-0.2, 0) is 22.3 Å². The number of alkyl carbamates (subject to hydrolysis) is 1. The molecule has 3 atom stereocenters. The third-order valence-electron chi connectivity index (χ3n) is 6.82. The van der Waals surface area contributed by atoms with Crippen molar-refractivity contribution < 1.29 is 18.5 Å². The molecule has 1 aliphatic carbocycles. The van der Waals surface area contributed by atoms with E-state index in [0.717, 1.165) is 24.1 Å². The first-order valence-corrected chi connectivity index (χ1v) is 13.2. The van der Waals surface area contributed by atoms with Crippen LogP contribution in [0.1, 0.15) is 49.5 Å². The SMILES string of the molecule is CC(C)(C)OC(=O)NC12CCC1CN(S(=O)c1ccc(CNC(=O)c3ccc4nccn4c3)cc1)C2. The molecule has 5 rings (SSSR count). The molecule has 36 heavy (non-hydrogen) atoms. The van der Waals surface area contributed by atoms with Crippen LogP contribution in [0.5, 0.6) is 0 Å². The van der Waals surface area contributed by atoms with Crippen LogP contribution in [0.15, 0.2) is 59.9 Å². The maximum Gasteiger partial charge on any atom is 0.408 e. The highest BCUT2D eigenvalue weighted by molar-refractivity contribution is 7.82. The van der Waals surface area contributed by atoms with Crippen molar-refractivity contribution in [3.8, 4) is 0 Å². The molecule has 10 heteroatoms. The Balaban J connectivity index is 1.17. The van der Waals surface area contributed by atoms with Crippen molar-refractivity contribution in [2.75, 3.05) is 13.1 Å².